The summed E-state index contributed by atoms with van der Waals surface area (Å²) < 4.78 is 2.16. The van der Waals surface area contributed by atoms with E-state index >= 15 is 0 Å². The van der Waals surface area contributed by atoms with E-state index in [1.165, 1.54) is 0 Å². The molecule has 114 valence electrons. The van der Waals surface area contributed by atoms with Crippen LogP contribution < -0.4 is 5.73 Å². The largest absolute Gasteiger partial charge is 0.329 e. The third-order valence-electron chi connectivity index (χ3n) is 4.27. The molecule has 0 aromatic carbocycles. The number of fused-ring (bicyclic) bond motifs is 1. The quantitative estimate of drug-likeness (QED) is 0.864. The van der Waals surface area contributed by atoms with Crippen LogP contribution in [0.3, 0.4) is 0 Å². The van der Waals surface area contributed by atoms with Gasteiger partial charge in [0.15, 0.2) is 0 Å². The van der Waals surface area contributed by atoms with Crippen LogP contribution in [-0.2, 0) is 13.1 Å². The molecule has 0 aliphatic carbocycles. The number of nitrogens with two attached hydrogens (primary N) is 1. The Labute approximate surface area is 122 Å². The second-order valence-electron chi connectivity index (χ2n) is 6.99. The Balaban J connectivity index is 2.22. The van der Waals surface area contributed by atoms with Crippen molar-refractivity contribution in [3.05, 3.63) is 12.2 Å². The summed E-state index contributed by atoms with van der Waals surface area (Å²) in [5, 5.41) is 8.27. The summed E-state index contributed by atoms with van der Waals surface area (Å²) in [6, 6.07) is 0. The molecule has 0 saturated carbocycles. The molecule has 5 heteroatoms. The number of hydrogen-bond donors (Lipinski definition) is 1. The summed E-state index contributed by atoms with van der Waals surface area (Å²) in [5.74, 6) is 2.37. The zero-order chi connectivity index (χ0) is 14.8. The molecule has 2 N–H and O–H groups in total. The van der Waals surface area contributed by atoms with Gasteiger partial charge < -0.3 is 10.3 Å². The lowest BCUT2D eigenvalue weighted by Gasteiger charge is -2.47. The zero-order valence-corrected chi connectivity index (χ0v) is 13.3. The molecule has 2 rings (SSSR count). The van der Waals surface area contributed by atoms with Crippen LogP contribution in [0.1, 0.15) is 46.4 Å². The van der Waals surface area contributed by atoms with Gasteiger partial charge in [-0.1, -0.05) is 27.7 Å². The van der Waals surface area contributed by atoms with Crippen LogP contribution in [-0.4, -0.2) is 38.3 Å². The Bertz CT molecular complexity index is 414. The fourth-order valence-corrected chi connectivity index (χ4v) is 3.63. The van der Waals surface area contributed by atoms with Crippen molar-refractivity contribution >= 4 is 0 Å². The van der Waals surface area contributed by atoms with Crippen LogP contribution in [0.15, 0.2) is 6.33 Å². The Morgan fingerprint density at radius 3 is 2.40 bits per heavy atom. The van der Waals surface area contributed by atoms with Gasteiger partial charge in [0.2, 0.25) is 0 Å². The highest BCUT2D eigenvalue weighted by atomic mass is 15.3. The lowest BCUT2D eigenvalue weighted by molar-refractivity contribution is 0.0287. The average Bonchev–Trinajstić information content (AvgIpc) is 2.83. The maximum absolute atomic E-state index is 6.25. The lowest BCUT2D eigenvalue weighted by atomic mass is 9.80. The van der Waals surface area contributed by atoms with Crippen molar-refractivity contribution in [3.63, 3.8) is 0 Å². The molecular formula is C15H29N5. The minimum atomic E-state index is 0.0968. The lowest BCUT2D eigenvalue weighted by Crippen LogP contribution is -2.57. The fourth-order valence-electron chi connectivity index (χ4n) is 3.63. The fraction of sp³-hybridized carbons (Fsp3) is 0.867. The van der Waals surface area contributed by atoms with Gasteiger partial charge in [-0.25, -0.2) is 0 Å². The third-order valence-corrected chi connectivity index (χ3v) is 4.27. The third kappa shape index (κ3) is 3.20. The summed E-state index contributed by atoms with van der Waals surface area (Å²) in [4.78, 5) is 2.55. The van der Waals surface area contributed by atoms with E-state index in [0.29, 0.717) is 11.8 Å². The molecule has 1 aliphatic heterocycles. The molecule has 0 saturated heterocycles. The number of hydrogen-bond acceptors (Lipinski definition) is 4. The molecular weight excluding hydrogens is 250 g/mol. The SMILES string of the molecule is CC(C)CC(CN)(CC(C)C)N1CCn2cnnc2C1. The first-order valence-electron chi connectivity index (χ1n) is 7.78. The maximum Gasteiger partial charge on any atom is 0.147 e. The highest BCUT2D eigenvalue weighted by Gasteiger charge is 2.38. The Morgan fingerprint density at radius 2 is 1.85 bits per heavy atom. The predicted molar refractivity (Wildman–Crippen MR) is 81.1 cm³/mol. The van der Waals surface area contributed by atoms with Gasteiger partial charge in [-0.3, -0.25) is 4.90 Å². The highest BCUT2D eigenvalue weighted by molar-refractivity contribution is 4.99. The van der Waals surface area contributed by atoms with Crippen molar-refractivity contribution in [3.8, 4) is 0 Å². The van der Waals surface area contributed by atoms with Crippen molar-refractivity contribution < 1.29 is 0 Å². The van der Waals surface area contributed by atoms with Crippen LogP contribution in [0.2, 0.25) is 0 Å². The van der Waals surface area contributed by atoms with Crippen molar-refractivity contribution in [2.24, 2.45) is 17.6 Å². The molecule has 0 bridgehead atoms. The number of nitrogens with zero attached hydrogens (tertiary/aromatic N) is 4. The van der Waals surface area contributed by atoms with E-state index in [1.54, 1.807) is 0 Å². The normalized spacial score (nSPS) is 16.9. The predicted octanol–water partition coefficient (Wildman–Crippen LogP) is 1.88. The Hall–Kier alpha value is -0.940. The summed E-state index contributed by atoms with van der Waals surface area (Å²) in [6.45, 7) is 12.8. The standard InChI is InChI=1S/C15H29N5/c1-12(2)7-15(10-16,8-13(3)4)20-6-5-19-11-17-18-14(19)9-20/h11-13H,5-10,16H2,1-4H3. The summed E-state index contributed by atoms with van der Waals surface area (Å²) >= 11 is 0. The summed E-state index contributed by atoms with van der Waals surface area (Å²) in [5.41, 5.74) is 6.34. The number of rotatable bonds is 6. The molecule has 0 unspecified atom stereocenters. The topological polar surface area (TPSA) is 60.0 Å². The molecule has 2 heterocycles. The molecule has 0 amide bonds. The minimum absolute atomic E-state index is 0.0968. The van der Waals surface area contributed by atoms with Gasteiger partial charge >= 0.3 is 0 Å². The van der Waals surface area contributed by atoms with Crippen LogP contribution in [0.4, 0.5) is 0 Å². The average molecular weight is 279 g/mol. The van der Waals surface area contributed by atoms with E-state index in [2.05, 4.69) is 47.4 Å². The number of aromatic nitrogens is 3. The van der Waals surface area contributed by atoms with E-state index in [9.17, 15) is 0 Å². The first-order valence-corrected chi connectivity index (χ1v) is 7.78. The summed E-state index contributed by atoms with van der Waals surface area (Å²) in [7, 11) is 0. The van der Waals surface area contributed by atoms with Gasteiger partial charge in [-0.2, -0.15) is 0 Å². The van der Waals surface area contributed by atoms with Gasteiger partial charge in [0.1, 0.15) is 12.2 Å². The monoisotopic (exact) mass is 279 g/mol. The molecule has 0 spiro atoms. The Morgan fingerprint density at radius 1 is 1.20 bits per heavy atom. The molecule has 0 radical (unpaired) electrons. The van der Waals surface area contributed by atoms with Crippen LogP contribution in [0.25, 0.3) is 0 Å². The molecule has 20 heavy (non-hydrogen) atoms. The molecule has 1 aromatic rings. The van der Waals surface area contributed by atoms with E-state index in [0.717, 1.165) is 44.8 Å². The first-order chi connectivity index (χ1) is 9.47. The highest BCUT2D eigenvalue weighted by Crippen LogP contribution is 2.32. The summed E-state index contributed by atoms with van der Waals surface area (Å²) in [6.07, 6.45) is 4.13. The molecule has 1 aliphatic rings. The van der Waals surface area contributed by atoms with Gasteiger partial charge in [0, 0.05) is 25.2 Å². The van der Waals surface area contributed by atoms with Crippen molar-refractivity contribution in [2.75, 3.05) is 13.1 Å². The Kier molecular flexibility index (Phi) is 4.81. The van der Waals surface area contributed by atoms with Gasteiger partial charge in [0.25, 0.3) is 0 Å². The van der Waals surface area contributed by atoms with Gasteiger partial charge in [-0.05, 0) is 24.7 Å². The zero-order valence-electron chi connectivity index (χ0n) is 13.3. The van der Waals surface area contributed by atoms with Crippen LogP contribution in [0, 0.1) is 11.8 Å². The van der Waals surface area contributed by atoms with Crippen molar-refractivity contribution in [2.45, 2.75) is 59.2 Å². The molecule has 0 atom stereocenters. The van der Waals surface area contributed by atoms with Crippen molar-refractivity contribution in [1.29, 1.82) is 0 Å². The van der Waals surface area contributed by atoms with E-state index in [1.807, 2.05) is 6.33 Å². The second-order valence-corrected chi connectivity index (χ2v) is 6.99. The van der Waals surface area contributed by atoms with E-state index in [4.69, 9.17) is 5.73 Å². The van der Waals surface area contributed by atoms with E-state index in [-0.39, 0.29) is 5.54 Å². The van der Waals surface area contributed by atoms with Crippen LogP contribution in [0.5, 0.6) is 0 Å². The van der Waals surface area contributed by atoms with Crippen molar-refractivity contribution in [1.82, 2.24) is 19.7 Å². The minimum Gasteiger partial charge on any atom is -0.329 e. The van der Waals surface area contributed by atoms with Crippen LogP contribution >= 0.6 is 0 Å². The smallest absolute Gasteiger partial charge is 0.147 e. The first kappa shape index (κ1) is 15.4. The van der Waals surface area contributed by atoms with Gasteiger partial charge in [0.05, 0.1) is 6.54 Å². The molecule has 0 fully saturated rings. The van der Waals surface area contributed by atoms with Gasteiger partial charge in [-0.15, -0.1) is 10.2 Å². The molecule has 5 nitrogen and oxygen atoms in total. The molecule has 1 aromatic heterocycles. The maximum atomic E-state index is 6.25. The van der Waals surface area contributed by atoms with E-state index < -0.39 is 0 Å². The second kappa shape index (κ2) is 6.22.